The Balaban J connectivity index is 1.68. The van der Waals surface area contributed by atoms with Crippen LogP contribution in [-0.4, -0.2) is 4.98 Å². The molecule has 0 spiro atoms. The normalized spacial score (nSPS) is 13.4. The van der Waals surface area contributed by atoms with Gasteiger partial charge in [0.05, 0.1) is 12.6 Å². The number of pyridine rings is 1. The largest absolute Gasteiger partial charge is 0.295 e. The van der Waals surface area contributed by atoms with Gasteiger partial charge in [-0.15, -0.1) is 11.3 Å². The molecule has 2 aromatic heterocycles. The Morgan fingerprint density at radius 2 is 1.63 bits per heavy atom. The number of benzene rings is 2. The lowest BCUT2D eigenvalue weighted by Gasteiger charge is -2.28. The van der Waals surface area contributed by atoms with Crippen LogP contribution in [0.2, 0.25) is 0 Å². The van der Waals surface area contributed by atoms with Gasteiger partial charge in [0.15, 0.2) is 0 Å². The SMILES string of the molecule is [C-]#[N+]/C(C#N)=C\c1cc2c(s1)-c1cnc(N(c3ccc(C)c(C)c3)c3cc(C)c(C)c(C)c3)cc1C2(C)C. The van der Waals surface area contributed by atoms with Gasteiger partial charge in [0, 0.05) is 38.3 Å². The maximum atomic E-state index is 9.21. The van der Waals surface area contributed by atoms with Crippen molar-refractivity contribution in [1.82, 2.24) is 4.98 Å². The molecule has 38 heavy (non-hydrogen) atoms. The second kappa shape index (κ2) is 9.28. The summed E-state index contributed by atoms with van der Waals surface area (Å²) in [6.07, 6.45) is 3.67. The first kappa shape index (κ1) is 25.5. The van der Waals surface area contributed by atoms with Crippen LogP contribution in [-0.2, 0) is 5.41 Å². The molecule has 0 amide bonds. The van der Waals surface area contributed by atoms with Crippen molar-refractivity contribution in [3.05, 3.63) is 110 Å². The summed E-state index contributed by atoms with van der Waals surface area (Å²) in [7, 11) is 0. The van der Waals surface area contributed by atoms with E-state index in [4.69, 9.17) is 11.6 Å². The van der Waals surface area contributed by atoms with E-state index in [0.29, 0.717) is 0 Å². The minimum absolute atomic E-state index is 0.101. The summed E-state index contributed by atoms with van der Waals surface area (Å²) in [4.78, 5) is 12.7. The number of rotatable bonds is 4. The molecule has 0 saturated carbocycles. The molecule has 0 unspecified atom stereocenters. The zero-order chi connectivity index (χ0) is 27.4. The van der Waals surface area contributed by atoms with Crippen LogP contribution in [0, 0.1) is 52.5 Å². The third kappa shape index (κ3) is 4.10. The number of anilines is 3. The van der Waals surface area contributed by atoms with Crippen molar-refractivity contribution in [3.8, 4) is 16.5 Å². The molecule has 0 saturated heterocycles. The first-order valence-electron chi connectivity index (χ1n) is 12.6. The molecule has 0 bridgehead atoms. The van der Waals surface area contributed by atoms with E-state index in [1.54, 1.807) is 17.4 Å². The molecule has 0 fully saturated rings. The van der Waals surface area contributed by atoms with Crippen LogP contribution in [0.25, 0.3) is 21.4 Å². The molecular weight excluding hydrogens is 484 g/mol. The highest BCUT2D eigenvalue weighted by Crippen LogP contribution is 2.53. The fourth-order valence-electron chi connectivity index (χ4n) is 5.20. The first-order chi connectivity index (χ1) is 18.0. The molecule has 0 atom stereocenters. The Morgan fingerprint density at radius 3 is 2.26 bits per heavy atom. The fraction of sp³-hybridized carbons (Fsp3) is 0.242. The topological polar surface area (TPSA) is 44.3 Å². The smallest absolute Gasteiger partial charge is 0.263 e. The Morgan fingerprint density at radius 1 is 0.947 bits per heavy atom. The molecule has 4 aromatic rings. The Hall–Kier alpha value is -4.19. The van der Waals surface area contributed by atoms with Crippen LogP contribution >= 0.6 is 11.3 Å². The Labute approximate surface area is 229 Å². The maximum absolute atomic E-state index is 9.21. The van der Waals surface area contributed by atoms with Gasteiger partial charge in [-0.05, 0) is 116 Å². The summed E-state index contributed by atoms with van der Waals surface area (Å²) >= 11 is 1.62. The molecule has 0 N–H and O–H groups in total. The van der Waals surface area contributed by atoms with Crippen molar-refractivity contribution in [2.75, 3.05) is 4.90 Å². The van der Waals surface area contributed by atoms with Crippen LogP contribution in [0.3, 0.4) is 0 Å². The van der Waals surface area contributed by atoms with E-state index >= 15 is 0 Å². The number of fused-ring (bicyclic) bond motifs is 3. The fourth-order valence-corrected chi connectivity index (χ4v) is 6.48. The Kier molecular flexibility index (Phi) is 6.22. The zero-order valence-electron chi connectivity index (χ0n) is 22.9. The number of hydrogen-bond acceptors (Lipinski definition) is 4. The second-order valence-corrected chi connectivity index (χ2v) is 11.8. The minimum atomic E-state index is -0.232. The molecular formula is C33H30N4S. The molecule has 4 nitrogen and oxygen atoms in total. The molecule has 188 valence electrons. The van der Waals surface area contributed by atoms with E-state index in [1.165, 1.54) is 38.9 Å². The minimum Gasteiger partial charge on any atom is -0.295 e. The van der Waals surface area contributed by atoms with E-state index in [2.05, 4.69) is 101 Å². The maximum Gasteiger partial charge on any atom is 0.263 e. The molecule has 0 aliphatic heterocycles. The number of aryl methyl sites for hydroxylation is 4. The lowest BCUT2D eigenvalue weighted by Crippen LogP contribution is -2.17. The zero-order valence-corrected chi connectivity index (χ0v) is 23.7. The van der Waals surface area contributed by atoms with Gasteiger partial charge in [0.1, 0.15) is 5.82 Å². The van der Waals surface area contributed by atoms with E-state index in [0.717, 1.165) is 32.5 Å². The second-order valence-electron chi connectivity index (χ2n) is 10.7. The molecule has 2 heterocycles. The van der Waals surface area contributed by atoms with Crippen LogP contribution in [0.4, 0.5) is 17.2 Å². The van der Waals surface area contributed by atoms with Gasteiger partial charge in [-0.1, -0.05) is 19.9 Å². The molecule has 5 rings (SSSR count). The number of nitrogens with zero attached hydrogens (tertiary/aromatic N) is 4. The van der Waals surface area contributed by atoms with Crippen molar-refractivity contribution in [3.63, 3.8) is 0 Å². The average Bonchev–Trinajstić information content (AvgIpc) is 3.40. The molecule has 1 aliphatic rings. The van der Waals surface area contributed by atoms with Crippen LogP contribution < -0.4 is 4.90 Å². The third-order valence-corrected chi connectivity index (χ3v) is 9.01. The van der Waals surface area contributed by atoms with Gasteiger partial charge in [-0.25, -0.2) is 15.1 Å². The van der Waals surface area contributed by atoms with Crippen molar-refractivity contribution < 1.29 is 0 Å². The number of hydrogen-bond donors (Lipinski definition) is 0. The van der Waals surface area contributed by atoms with Crippen molar-refractivity contribution in [1.29, 1.82) is 5.26 Å². The van der Waals surface area contributed by atoms with E-state index in [1.807, 2.05) is 12.3 Å². The number of thiophene rings is 1. The molecule has 0 radical (unpaired) electrons. The van der Waals surface area contributed by atoms with E-state index in [-0.39, 0.29) is 11.1 Å². The highest BCUT2D eigenvalue weighted by atomic mass is 32.1. The Bertz CT molecular complexity index is 1680. The lowest BCUT2D eigenvalue weighted by molar-refractivity contribution is 0.661. The summed E-state index contributed by atoms with van der Waals surface area (Å²) in [5.41, 5.74) is 12.0. The molecule has 5 heteroatoms. The third-order valence-electron chi connectivity index (χ3n) is 7.89. The summed E-state index contributed by atoms with van der Waals surface area (Å²) in [6, 6.07) is 17.4. The van der Waals surface area contributed by atoms with E-state index < -0.39 is 0 Å². The van der Waals surface area contributed by atoms with E-state index in [9.17, 15) is 5.26 Å². The highest BCUT2D eigenvalue weighted by Gasteiger charge is 2.38. The van der Waals surface area contributed by atoms with Crippen LogP contribution in [0.15, 0.2) is 54.4 Å². The van der Waals surface area contributed by atoms with Gasteiger partial charge in [-0.2, -0.15) is 0 Å². The average molecular weight is 515 g/mol. The van der Waals surface area contributed by atoms with Crippen molar-refractivity contribution in [2.24, 2.45) is 0 Å². The molecule has 1 aliphatic carbocycles. The lowest BCUT2D eigenvalue weighted by atomic mass is 9.83. The van der Waals surface area contributed by atoms with Crippen molar-refractivity contribution in [2.45, 2.75) is 53.9 Å². The quantitative estimate of drug-likeness (QED) is 0.201. The standard InChI is InChI=1S/C33H30N4S/c1-19-9-10-25(11-20(19)2)37(26-12-21(3)23(5)22(4)13-26)31-16-29-28(18-36-31)32-30(33(29,6)7)15-27(38-32)14-24(17-34)35-8/h9-16,18H,1-7H3/b24-14-. The van der Waals surface area contributed by atoms with Crippen molar-refractivity contribution >= 4 is 34.6 Å². The summed E-state index contributed by atoms with van der Waals surface area (Å²) < 4.78 is 0. The first-order valence-corrected chi connectivity index (χ1v) is 13.5. The summed E-state index contributed by atoms with van der Waals surface area (Å²) in [5.74, 6) is 0.887. The predicted molar refractivity (Wildman–Crippen MR) is 158 cm³/mol. The molecule has 2 aromatic carbocycles. The van der Waals surface area contributed by atoms with Gasteiger partial charge in [0.25, 0.3) is 5.70 Å². The van der Waals surface area contributed by atoms with Gasteiger partial charge in [0.2, 0.25) is 0 Å². The number of aromatic nitrogens is 1. The van der Waals surface area contributed by atoms with Crippen LogP contribution in [0.5, 0.6) is 0 Å². The van der Waals surface area contributed by atoms with Gasteiger partial charge < -0.3 is 0 Å². The van der Waals surface area contributed by atoms with Gasteiger partial charge >= 0.3 is 0 Å². The van der Waals surface area contributed by atoms with Gasteiger partial charge in [-0.3, -0.25) is 4.90 Å². The van der Waals surface area contributed by atoms with Crippen LogP contribution in [0.1, 0.15) is 57.7 Å². The summed E-state index contributed by atoms with van der Waals surface area (Å²) in [5, 5.41) is 9.21. The monoisotopic (exact) mass is 514 g/mol. The predicted octanol–water partition coefficient (Wildman–Crippen LogP) is 9.25. The number of nitriles is 1. The summed E-state index contributed by atoms with van der Waals surface area (Å²) in [6.45, 7) is 22.5. The number of allylic oxidation sites excluding steroid dienone is 1. The highest BCUT2D eigenvalue weighted by molar-refractivity contribution is 7.16.